The van der Waals surface area contributed by atoms with Gasteiger partial charge in [0.1, 0.15) is 11.6 Å². The Kier molecular flexibility index (Phi) is 3.22. The van der Waals surface area contributed by atoms with Gasteiger partial charge in [-0.1, -0.05) is 11.6 Å². The Balaban J connectivity index is 3.48. The molecule has 2 nitrogen and oxygen atoms in total. The summed E-state index contributed by atoms with van der Waals surface area (Å²) in [6.07, 6.45) is 1.31. The molecule has 0 aromatic heterocycles. The second kappa shape index (κ2) is 4.09. The third-order valence-electron chi connectivity index (χ3n) is 1.98. The minimum absolute atomic E-state index is 0.146. The predicted molar refractivity (Wildman–Crippen MR) is 52.5 cm³/mol. The van der Waals surface area contributed by atoms with E-state index in [1.165, 1.54) is 19.9 Å². The first kappa shape index (κ1) is 11.8. The molecule has 1 rings (SSSR count). The van der Waals surface area contributed by atoms with Crippen molar-refractivity contribution in [3.63, 3.8) is 0 Å². The van der Waals surface area contributed by atoms with E-state index in [1.54, 1.807) is 0 Å². The zero-order valence-corrected chi connectivity index (χ0v) is 8.90. The monoisotopic (exact) mass is 231 g/mol. The van der Waals surface area contributed by atoms with Gasteiger partial charge >= 0.3 is 0 Å². The summed E-state index contributed by atoms with van der Waals surface area (Å²) < 4.78 is 26.5. The number of rotatable bonds is 2. The third-order valence-corrected chi connectivity index (χ3v) is 2.35. The van der Waals surface area contributed by atoms with E-state index < -0.39 is 17.2 Å². The van der Waals surface area contributed by atoms with Gasteiger partial charge in [-0.25, -0.2) is 13.6 Å². The van der Waals surface area contributed by atoms with Gasteiger partial charge in [-0.05, 0) is 26.0 Å². The quantitative estimate of drug-likeness (QED) is 0.437. The van der Waals surface area contributed by atoms with Crippen LogP contribution in [0.15, 0.2) is 17.1 Å². The summed E-state index contributed by atoms with van der Waals surface area (Å²) in [6, 6.07) is 1.86. The van der Waals surface area contributed by atoms with Gasteiger partial charge in [0.25, 0.3) is 0 Å². The first-order valence-electron chi connectivity index (χ1n) is 4.13. The number of hydrogen-bond donors (Lipinski definition) is 0. The predicted octanol–water partition coefficient (Wildman–Crippen LogP) is 3.19. The van der Waals surface area contributed by atoms with Crippen LogP contribution in [-0.4, -0.2) is 6.08 Å². The smallest absolute Gasteiger partial charge is 0.211 e. The van der Waals surface area contributed by atoms with Crippen LogP contribution in [0.25, 0.3) is 0 Å². The molecule has 0 aliphatic heterocycles. The number of isocyanates is 1. The molecule has 15 heavy (non-hydrogen) atoms. The highest BCUT2D eigenvalue weighted by atomic mass is 35.5. The molecule has 0 saturated heterocycles. The Morgan fingerprint density at radius 1 is 1.33 bits per heavy atom. The van der Waals surface area contributed by atoms with E-state index in [4.69, 9.17) is 11.6 Å². The van der Waals surface area contributed by atoms with Crippen LogP contribution in [0.3, 0.4) is 0 Å². The molecule has 0 amide bonds. The third kappa shape index (κ3) is 2.22. The molecule has 5 heteroatoms. The molecule has 0 aliphatic carbocycles. The Labute approximate surface area is 90.6 Å². The van der Waals surface area contributed by atoms with Crippen LogP contribution in [0.2, 0.25) is 5.02 Å². The summed E-state index contributed by atoms with van der Waals surface area (Å²) in [7, 11) is 0. The molecule has 80 valence electrons. The van der Waals surface area contributed by atoms with Gasteiger partial charge in [-0.3, -0.25) is 0 Å². The summed E-state index contributed by atoms with van der Waals surface area (Å²) in [5.41, 5.74) is -1.38. The van der Waals surface area contributed by atoms with Crippen molar-refractivity contribution in [1.82, 2.24) is 0 Å². The topological polar surface area (TPSA) is 29.4 Å². The fraction of sp³-hybridized carbons (Fsp3) is 0.300. The highest BCUT2D eigenvalue weighted by Gasteiger charge is 2.28. The lowest BCUT2D eigenvalue weighted by atomic mass is 9.94. The van der Waals surface area contributed by atoms with Crippen molar-refractivity contribution in [2.24, 2.45) is 4.99 Å². The molecular formula is C10H8ClF2NO. The summed E-state index contributed by atoms with van der Waals surface area (Å²) in [4.78, 5) is 13.5. The maximum Gasteiger partial charge on any atom is 0.235 e. The van der Waals surface area contributed by atoms with Crippen molar-refractivity contribution >= 4 is 17.7 Å². The van der Waals surface area contributed by atoms with E-state index in [2.05, 4.69) is 4.99 Å². The standard InChI is InChI=1S/C10H8ClF2NO/c1-10(2,14-5-15)8-6(12)3-4-7(13)9(8)11/h3-4H,1-2H3. The van der Waals surface area contributed by atoms with Crippen LogP contribution >= 0.6 is 11.6 Å². The van der Waals surface area contributed by atoms with Crippen LogP contribution < -0.4 is 0 Å². The van der Waals surface area contributed by atoms with E-state index in [-0.39, 0.29) is 10.6 Å². The van der Waals surface area contributed by atoms with Gasteiger partial charge in [0, 0.05) is 5.56 Å². The normalized spacial score (nSPS) is 11.0. The zero-order valence-electron chi connectivity index (χ0n) is 8.14. The number of nitrogens with zero attached hydrogens (tertiary/aromatic N) is 1. The fourth-order valence-electron chi connectivity index (χ4n) is 1.26. The Hall–Kier alpha value is -1.25. The molecule has 1 aromatic carbocycles. The number of halogens is 3. The van der Waals surface area contributed by atoms with Crippen LogP contribution in [0.1, 0.15) is 19.4 Å². The number of aliphatic imine (C=N–C) groups is 1. The van der Waals surface area contributed by atoms with Gasteiger partial charge in [0.05, 0.1) is 10.6 Å². The summed E-state index contributed by atoms with van der Waals surface area (Å²) in [5, 5.41) is -0.362. The van der Waals surface area contributed by atoms with Crippen LogP contribution in [0, 0.1) is 11.6 Å². The Morgan fingerprint density at radius 3 is 2.40 bits per heavy atom. The minimum atomic E-state index is -1.23. The lowest BCUT2D eigenvalue weighted by molar-refractivity contribution is 0.485. The highest BCUT2D eigenvalue weighted by Crippen LogP contribution is 2.34. The van der Waals surface area contributed by atoms with Gasteiger partial charge in [0.2, 0.25) is 6.08 Å². The van der Waals surface area contributed by atoms with Crippen LogP contribution in [0.5, 0.6) is 0 Å². The first-order chi connectivity index (χ1) is 6.90. The maximum absolute atomic E-state index is 13.4. The molecule has 0 atom stereocenters. The Morgan fingerprint density at radius 2 is 1.87 bits per heavy atom. The van der Waals surface area contributed by atoms with E-state index in [9.17, 15) is 13.6 Å². The fourth-order valence-corrected chi connectivity index (χ4v) is 1.64. The summed E-state index contributed by atoms with van der Waals surface area (Å²) in [6.45, 7) is 2.89. The van der Waals surface area contributed by atoms with Crippen LogP contribution in [0.4, 0.5) is 8.78 Å². The second-order valence-electron chi connectivity index (χ2n) is 3.48. The molecule has 0 N–H and O–H groups in total. The first-order valence-corrected chi connectivity index (χ1v) is 4.51. The van der Waals surface area contributed by atoms with Crippen molar-refractivity contribution in [1.29, 1.82) is 0 Å². The molecule has 0 unspecified atom stereocenters. The molecule has 0 heterocycles. The second-order valence-corrected chi connectivity index (χ2v) is 3.86. The van der Waals surface area contributed by atoms with Crippen molar-refractivity contribution in [3.05, 3.63) is 34.4 Å². The number of carbonyl (C=O) groups excluding carboxylic acids is 1. The lowest BCUT2D eigenvalue weighted by Gasteiger charge is -2.20. The van der Waals surface area contributed by atoms with Crippen molar-refractivity contribution < 1.29 is 13.6 Å². The number of benzene rings is 1. The minimum Gasteiger partial charge on any atom is -0.211 e. The average Bonchev–Trinajstić information content (AvgIpc) is 2.11. The highest BCUT2D eigenvalue weighted by molar-refractivity contribution is 6.31. The van der Waals surface area contributed by atoms with Gasteiger partial charge < -0.3 is 0 Å². The molecule has 0 fully saturated rings. The summed E-state index contributed by atoms with van der Waals surface area (Å²) in [5.74, 6) is -1.45. The largest absolute Gasteiger partial charge is 0.235 e. The van der Waals surface area contributed by atoms with E-state index in [1.807, 2.05) is 0 Å². The van der Waals surface area contributed by atoms with Crippen molar-refractivity contribution in [3.8, 4) is 0 Å². The van der Waals surface area contributed by atoms with E-state index in [0.717, 1.165) is 12.1 Å². The molecule has 0 radical (unpaired) electrons. The summed E-state index contributed by atoms with van der Waals surface area (Å²) >= 11 is 5.61. The number of hydrogen-bond acceptors (Lipinski definition) is 2. The van der Waals surface area contributed by atoms with E-state index in [0.29, 0.717) is 0 Å². The maximum atomic E-state index is 13.4. The molecular weight excluding hydrogens is 224 g/mol. The zero-order chi connectivity index (χ0) is 11.6. The van der Waals surface area contributed by atoms with E-state index >= 15 is 0 Å². The lowest BCUT2D eigenvalue weighted by Crippen LogP contribution is -2.17. The average molecular weight is 232 g/mol. The SMILES string of the molecule is CC(C)(N=C=O)c1c(F)ccc(F)c1Cl. The Bertz CT molecular complexity index is 439. The van der Waals surface area contributed by atoms with Crippen LogP contribution in [-0.2, 0) is 10.3 Å². The molecule has 0 bridgehead atoms. The van der Waals surface area contributed by atoms with Crippen molar-refractivity contribution in [2.45, 2.75) is 19.4 Å². The molecule has 0 saturated carbocycles. The van der Waals surface area contributed by atoms with Gasteiger partial charge in [-0.15, -0.1) is 0 Å². The molecule has 1 aromatic rings. The van der Waals surface area contributed by atoms with Gasteiger partial charge in [-0.2, -0.15) is 4.99 Å². The van der Waals surface area contributed by atoms with Gasteiger partial charge in [0.15, 0.2) is 0 Å². The van der Waals surface area contributed by atoms with Crippen molar-refractivity contribution in [2.75, 3.05) is 0 Å². The molecule has 0 spiro atoms. The molecule has 0 aliphatic rings.